The Labute approximate surface area is 99.4 Å². The molecule has 0 bridgehead atoms. The number of thioether (sulfide) groups is 1. The Morgan fingerprint density at radius 3 is 2.33 bits per heavy atom. The van der Waals surface area contributed by atoms with Crippen LogP contribution < -0.4 is 0 Å². The van der Waals surface area contributed by atoms with Gasteiger partial charge >= 0.3 is 0 Å². The van der Waals surface area contributed by atoms with E-state index in [0.717, 1.165) is 11.3 Å². The Hall–Kier alpha value is -0.190. The number of hydrogen-bond acceptors (Lipinski definition) is 3. The van der Waals surface area contributed by atoms with Crippen molar-refractivity contribution < 1.29 is 8.42 Å². The van der Waals surface area contributed by atoms with Crippen LogP contribution >= 0.6 is 22.4 Å². The molecule has 1 aromatic carbocycles. The van der Waals surface area contributed by atoms with Crippen LogP contribution in [-0.4, -0.2) is 19.9 Å². The Morgan fingerprint density at radius 1 is 1.27 bits per heavy atom. The summed E-state index contributed by atoms with van der Waals surface area (Å²) in [7, 11) is 1.76. The third kappa shape index (κ3) is 5.44. The number of hydrogen-bond donors (Lipinski definition) is 0. The summed E-state index contributed by atoms with van der Waals surface area (Å²) < 4.78 is 21.5. The van der Waals surface area contributed by atoms with Gasteiger partial charge < -0.3 is 0 Å². The van der Waals surface area contributed by atoms with Gasteiger partial charge in [0.1, 0.15) is 0 Å². The fourth-order valence-electron chi connectivity index (χ4n) is 1.16. The van der Waals surface area contributed by atoms with Crippen molar-refractivity contribution in [3.8, 4) is 0 Å². The Bertz CT molecular complexity index is 398. The summed E-state index contributed by atoms with van der Waals surface area (Å²) in [5, 5.41) is 0. The molecule has 0 amide bonds. The van der Waals surface area contributed by atoms with Crippen molar-refractivity contribution >= 4 is 31.5 Å². The number of halogens is 1. The molecular weight excluding hydrogens is 252 g/mol. The highest BCUT2D eigenvalue weighted by Gasteiger charge is 2.05. The van der Waals surface area contributed by atoms with E-state index in [2.05, 4.69) is 6.92 Å². The van der Waals surface area contributed by atoms with Crippen LogP contribution in [0.25, 0.3) is 0 Å². The summed E-state index contributed by atoms with van der Waals surface area (Å²) >= 11 is 1.76. The molecule has 15 heavy (non-hydrogen) atoms. The zero-order chi connectivity index (χ0) is 11.3. The lowest BCUT2D eigenvalue weighted by molar-refractivity contribution is 0.609. The van der Waals surface area contributed by atoms with Crippen LogP contribution in [0.1, 0.15) is 12.5 Å². The van der Waals surface area contributed by atoms with Gasteiger partial charge in [-0.15, -0.1) is 11.8 Å². The molecule has 0 aromatic heterocycles. The maximum absolute atomic E-state index is 10.7. The highest BCUT2D eigenvalue weighted by molar-refractivity contribution is 8.13. The van der Waals surface area contributed by atoms with Gasteiger partial charge in [0.25, 0.3) is 0 Å². The average molecular weight is 265 g/mol. The fourth-order valence-corrected chi connectivity index (χ4v) is 2.53. The minimum Gasteiger partial charge on any atom is -0.212 e. The molecule has 0 saturated carbocycles. The van der Waals surface area contributed by atoms with Crippen molar-refractivity contribution in [3.63, 3.8) is 0 Å². The van der Waals surface area contributed by atoms with Crippen molar-refractivity contribution in [1.82, 2.24) is 0 Å². The van der Waals surface area contributed by atoms with E-state index in [4.69, 9.17) is 10.7 Å². The molecule has 0 fully saturated rings. The molecule has 0 aliphatic heterocycles. The largest absolute Gasteiger partial charge is 0.232 e. The minimum atomic E-state index is -3.38. The first-order valence-corrected chi connectivity index (χ1v) is 8.12. The third-order valence-electron chi connectivity index (χ3n) is 1.87. The normalized spacial score (nSPS) is 11.6. The van der Waals surface area contributed by atoms with Crippen molar-refractivity contribution in [2.75, 3.05) is 11.5 Å². The highest BCUT2D eigenvalue weighted by Crippen LogP contribution is 2.18. The quantitative estimate of drug-likeness (QED) is 0.606. The van der Waals surface area contributed by atoms with Crippen LogP contribution in [0.4, 0.5) is 0 Å². The van der Waals surface area contributed by atoms with Crippen molar-refractivity contribution in [2.24, 2.45) is 0 Å². The van der Waals surface area contributed by atoms with Gasteiger partial charge in [0.15, 0.2) is 0 Å². The first kappa shape index (κ1) is 12.9. The second kappa shape index (κ2) is 5.77. The van der Waals surface area contributed by atoms with Crippen molar-refractivity contribution in [2.45, 2.75) is 18.2 Å². The van der Waals surface area contributed by atoms with Crippen LogP contribution in [0, 0.1) is 0 Å². The van der Waals surface area contributed by atoms with E-state index in [1.54, 1.807) is 11.8 Å². The van der Waals surface area contributed by atoms with E-state index in [0.29, 0.717) is 6.42 Å². The molecule has 0 aliphatic carbocycles. The van der Waals surface area contributed by atoms with E-state index in [1.165, 1.54) is 4.90 Å². The molecule has 84 valence electrons. The maximum atomic E-state index is 10.7. The van der Waals surface area contributed by atoms with E-state index in [1.807, 2.05) is 24.3 Å². The minimum absolute atomic E-state index is 0.00514. The van der Waals surface area contributed by atoms with Crippen LogP contribution in [0.2, 0.25) is 0 Å². The van der Waals surface area contributed by atoms with Gasteiger partial charge in [0, 0.05) is 15.6 Å². The fraction of sp³-hybridized carbons (Fsp3) is 0.400. The Balaban J connectivity index is 2.57. The van der Waals surface area contributed by atoms with E-state index < -0.39 is 9.05 Å². The zero-order valence-corrected chi connectivity index (χ0v) is 10.8. The molecule has 1 aromatic rings. The van der Waals surface area contributed by atoms with Gasteiger partial charge in [0.2, 0.25) is 9.05 Å². The van der Waals surface area contributed by atoms with Gasteiger partial charge in [-0.05, 0) is 29.9 Å². The molecule has 2 nitrogen and oxygen atoms in total. The van der Waals surface area contributed by atoms with Gasteiger partial charge in [-0.3, -0.25) is 0 Å². The summed E-state index contributed by atoms with van der Waals surface area (Å²) in [5.74, 6) is 1.03. The lowest BCUT2D eigenvalue weighted by atomic mass is 10.2. The molecule has 0 radical (unpaired) electrons. The summed E-state index contributed by atoms with van der Waals surface area (Å²) in [5.41, 5.74) is 1.000. The average Bonchev–Trinajstić information content (AvgIpc) is 2.16. The third-order valence-corrected chi connectivity index (χ3v) is 3.92. The molecule has 0 saturated heterocycles. The topological polar surface area (TPSA) is 34.1 Å². The standard InChI is InChI=1S/C10H13ClO2S2/c1-2-14-10-5-3-9(4-6-10)7-8-15(11,12)13/h3-6H,2,7-8H2,1H3. The van der Waals surface area contributed by atoms with Crippen molar-refractivity contribution in [1.29, 1.82) is 0 Å². The van der Waals surface area contributed by atoms with Crippen LogP contribution in [0.3, 0.4) is 0 Å². The lowest BCUT2D eigenvalue weighted by Crippen LogP contribution is -2.00. The van der Waals surface area contributed by atoms with Crippen molar-refractivity contribution in [3.05, 3.63) is 29.8 Å². The first-order chi connectivity index (χ1) is 7.01. The molecule has 5 heteroatoms. The van der Waals surface area contributed by atoms with E-state index in [9.17, 15) is 8.42 Å². The summed E-state index contributed by atoms with van der Waals surface area (Å²) in [6.45, 7) is 2.10. The van der Waals surface area contributed by atoms with Gasteiger partial charge in [-0.1, -0.05) is 19.1 Å². The second-order valence-corrected chi connectivity index (χ2v) is 7.30. The summed E-state index contributed by atoms with van der Waals surface area (Å²) in [6.07, 6.45) is 0.475. The second-order valence-electron chi connectivity index (χ2n) is 3.07. The molecular formula is C10H13ClO2S2. The van der Waals surface area contributed by atoms with Gasteiger partial charge in [-0.25, -0.2) is 8.42 Å². The summed E-state index contributed by atoms with van der Waals surface area (Å²) in [4.78, 5) is 1.20. The summed E-state index contributed by atoms with van der Waals surface area (Å²) in [6, 6.07) is 7.90. The molecule has 1 rings (SSSR count). The number of rotatable bonds is 5. The van der Waals surface area contributed by atoms with Crippen LogP contribution in [0.15, 0.2) is 29.2 Å². The van der Waals surface area contributed by atoms with E-state index in [-0.39, 0.29) is 5.75 Å². The van der Waals surface area contributed by atoms with E-state index >= 15 is 0 Å². The molecule has 0 spiro atoms. The van der Waals surface area contributed by atoms with Gasteiger partial charge in [0.05, 0.1) is 5.75 Å². The Kier molecular flexibility index (Phi) is 4.96. The predicted octanol–water partition coefficient (Wildman–Crippen LogP) is 2.91. The molecule has 0 aliphatic rings. The lowest BCUT2D eigenvalue weighted by Gasteiger charge is -2.01. The molecule has 0 heterocycles. The van der Waals surface area contributed by atoms with Crippen LogP contribution in [0.5, 0.6) is 0 Å². The monoisotopic (exact) mass is 264 g/mol. The number of benzene rings is 1. The Morgan fingerprint density at radius 2 is 1.87 bits per heavy atom. The smallest absolute Gasteiger partial charge is 0.212 e. The predicted molar refractivity (Wildman–Crippen MR) is 66.2 cm³/mol. The maximum Gasteiger partial charge on any atom is 0.232 e. The molecule has 0 unspecified atom stereocenters. The molecule has 0 N–H and O–H groups in total. The SMILES string of the molecule is CCSc1ccc(CCS(=O)(=O)Cl)cc1. The molecule has 0 atom stereocenters. The first-order valence-electron chi connectivity index (χ1n) is 4.65. The zero-order valence-electron chi connectivity index (χ0n) is 8.44. The van der Waals surface area contributed by atoms with Gasteiger partial charge in [-0.2, -0.15) is 0 Å². The highest BCUT2D eigenvalue weighted by atomic mass is 35.7. The van der Waals surface area contributed by atoms with Crippen LogP contribution in [-0.2, 0) is 15.5 Å². The number of aryl methyl sites for hydroxylation is 1.